The van der Waals surface area contributed by atoms with Crippen LogP contribution in [0.25, 0.3) is 6.08 Å². The number of hydrogen-bond acceptors (Lipinski definition) is 0. The Labute approximate surface area is 198 Å². The van der Waals surface area contributed by atoms with Crippen LogP contribution in [0.1, 0.15) is 88.7 Å². The zero-order chi connectivity index (χ0) is 16.1. The third-order valence-corrected chi connectivity index (χ3v) is 6.35. The van der Waals surface area contributed by atoms with Gasteiger partial charge in [-0.3, -0.25) is 0 Å². The maximum atomic E-state index is 2.43. The summed E-state index contributed by atoms with van der Waals surface area (Å²) in [5.74, 6) is 3.60. The molecule has 0 radical (unpaired) electrons. The molecule has 2 saturated carbocycles. The normalized spacial score (nSPS) is 23.7. The molecule has 3 atom stereocenters. The molecule has 4 rings (SSSR count). The van der Waals surface area contributed by atoms with Crippen molar-refractivity contribution in [2.75, 3.05) is 0 Å². The first-order chi connectivity index (χ1) is 11.3. The smallest absolute Gasteiger partial charge is 0.358 e. The molecule has 0 N–H and O–H groups in total. The van der Waals surface area contributed by atoms with E-state index in [9.17, 15) is 0 Å². The summed E-state index contributed by atoms with van der Waals surface area (Å²) in [4.78, 5) is 0. The van der Waals surface area contributed by atoms with Crippen molar-refractivity contribution < 1.29 is 26.2 Å². The van der Waals surface area contributed by atoms with Gasteiger partial charge in [-0.25, -0.2) is 0 Å². The van der Waals surface area contributed by atoms with Gasteiger partial charge in [0.15, 0.2) is 0 Å². The molecule has 0 aromatic heterocycles. The zero-order valence-corrected chi connectivity index (χ0v) is 22.1. The van der Waals surface area contributed by atoms with Crippen molar-refractivity contribution >= 4 is 6.08 Å². The molecule has 2 fully saturated rings. The van der Waals surface area contributed by atoms with Crippen LogP contribution in [0.3, 0.4) is 0 Å². The summed E-state index contributed by atoms with van der Waals surface area (Å²) in [6.45, 7) is 4.69. The van der Waals surface area contributed by atoms with E-state index in [2.05, 4.69) is 50.3 Å². The first-order valence-electron chi connectivity index (χ1n) is 10.1. The van der Waals surface area contributed by atoms with E-state index in [4.69, 9.17) is 0 Å². The minimum Gasteiger partial charge on any atom is -0.358 e. The van der Waals surface area contributed by atoms with Crippen LogP contribution in [0, 0.1) is 47.5 Å². The molecule has 0 heterocycles. The van der Waals surface area contributed by atoms with Gasteiger partial charge in [-0.15, -0.1) is 0 Å². The molecule has 0 nitrogen and oxygen atoms in total. The van der Waals surface area contributed by atoms with Crippen molar-refractivity contribution in [3.63, 3.8) is 0 Å². The van der Waals surface area contributed by atoms with Gasteiger partial charge in [-0.1, -0.05) is 95.2 Å². The summed E-state index contributed by atoms with van der Waals surface area (Å²) in [5.41, 5.74) is 3.03. The molecule has 158 valence electrons. The molecule has 1 aromatic carbocycles. The Bertz CT molecular complexity index is 513. The fourth-order valence-electron chi connectivity index (χ4n) is 4.97. The monoisotopic (exact) mass is 460 g/mol. The van der Waals surface area contributed by atoms with Crippen molar-refractivity contribution in [3.05, 3.63) is 71.2 Å². The molecule has 3 unspecified atom stereocenters. The predicted molar refractivity (Wildman–Crippen MR) is 127 cm³/mol. The molecule has 28 heavy (non-hydrogen) atoms. The molecule has 1 aromatic rings. The van der Waals surface area contributed by atoms with Crippen molar-refractivity contribution in [2.45, 2.75) is 77.6 Å². The van der Waals surface area contributed by atoms with Gasteiger partial charge in [0.2, 0.25) is 0 Å². The van der Waals surface area contributed by atoms with Crippen LogP contribution in [0.2, 0.25) is 0 Å². The SMILES string of the molecule is CC1CCC2C=Cc3ccccc3C12.CCCCC1CCCC1.[CH3-].[CH3-].[CH3-].[CH3-].[Zr+4]. The number of rotatable bonds is 3. The van der Waals surface area contributed by atoms with Gasteiger partial charge in [0.25, 0.3) is 0 Å². The molecule has 0 spiro atoms. The standard InChI is InChI=1S/C14H16.C9H18.4CH3.Zr/c1-10-6-7-12-9-8-11-4-2-3-5-13(11)14(10)12;1-2-3-6-9-7-4-5-8-9;;;;;/h2-5,8-10,12,14H,6-7H2,1H3;9H,2-8H2,1H3;4*1H3;/q;;4*-1;+4. The zero-order valence-electron chi connectivity index (χ0n) is 19.6. The van der Waals surface area contributed by atoms with Gasteiger partial charge < -0.3 is 29.7 Å². The Balaban J connectivity index is -0.000000404. The first kappa shape index (κ1) is 32.5. The minimum absolute atomic E-state index is 0. The molecule has 3 aliphatic carbocycles. The summed E-state index contributed by atoms with van der Waals surface area (Å²) in [7, 11) is 0. The Hall–Kier alpha value is -0.157. The van der Waals surface area contributed by atoms with E-state index < -0.39 is 0 Å². The van der Waals surface area contributed by atoms with Gasteiger partial charge in [0, 0.05) is 0 Å². The summed E-state index contributed by atoms with van der Waals surface area (Å²) in [6.07, 6.45) is 18.0. The Morgan fingerprint density at radius 2 is 1.54 bits per heavy atom. The number of benzene rings is 1. The van der Waals surface area contributed by atoms with Crippen LogP contribution >= 0.6 is 0 Å². The van der Waals surface area contributed by atoms with E-state index in [1.54, 1.807) is 5.56 Å². The van der Waals surface area contributed by atoms with Crippen molar-refractivity contribution in [2.24, 2.45) is 17.8 Å². The van der Waals surface area contributed by atoms with Crippen LogP contribution in [0.4, 0.5) is 0 Å². The molecular weight excluding hydrogens is 416 g/mol. The number of unbranched alkanes of at least 4 members (excludes halogenated alkanes) is 1. The Morgan fingerprint density at radius 1 is 0.893 bits per heavy atom. The van der Waals surface area contributed by atoms with Crippen molar-refractivity contribution in [1.82, 2.24) is 0 Å². The largest absolute Gasteiger partial charge is 4.00 e. The summed E-state index contributed by atoms with van der Waals surface area (Å²) in [6, 6.07) is 8.88. The Kier molecular flexibility index (Phi) is 19.3. The third-order valence-electron chi connectivity index (χ3n) is 6.35. The van der Waals surface area contributed by atoms with Crippen LogP contribution in [-0.4, -0.2) is 0 Å². The average Bonchev–Trinajstić information content (AvgIpc) is 3.23. The first-order valence-corrected chi connectivity index (χ1v) is 10.1. The van der Waals surface area contributed by atoms with Crippen LogP contribution in [0.15, 0.2) is 30.3 Å². The second-order valence-electron chi connectivity index (χ2n) is 8.03. The van der Waals surface area contributed by atoms with E-state index in [0.29, 0.717) is 0 Å². The van der Waals surface area contributed by atoms with Crippen molar-refractivity contribution in [3.8, 4) is 0 Å². The number of fused-ring (bicyclic) bond motifs is 3. The second kappa shape index (κ2) is 16.6. The molecule has 0 aliphatic heterocycles. The summed E-state index contributed by atoms with van der Waals surface area (Å²) < 4.78 is 0. The predicted octanol–water partition coefficient (Wildman–Crippen LogP) is 9.01. The van der Waals surface area contributed by atoms with Gasteiger partial charge >= 0.3 is 26.2 Å². The minimum atomic E-state index is 0. The topological polar surface area (TPSA) is 0 Å². The van der Waals surface area contributed by atoms with Crippen molar-refractivity contribution in [1.29, 1.82) is 0 Å². The van der Waals surface area contributed by atoms with Crippen LogP contribution < -0.4 is 0 Å². The molecule has 3 aliphatic rings. The molecular formula is C27H46Zr. The van der Waals surface area contributed by atoms with Gasteiger partial charge in [0.05, 0.1) is 0 Å². The fraction of sp³-hybridized carbons (Fsp3) is 0.556. The van der Waals surface area contributed by atoms with E-state index in [1.807, 2.05) is 0 Å². The molecule has 0 bridgehead atoms. The Morgan fingerprint density at radius 3 is 2.18 bits per heavy atom. The fourth-order valence-corrected chi connectivity index (χ4v) is 4.97. The second-order valence-corrected chi connectivity index (χ2v) is 8.03. The third kappa shape index (κ3) is 8.30. The van der Waals surface area contributed by atoms with Crippen LogP contribution in [-0.2, 0) is 26.2 Å². The molecule has 0 amide bonds. The maximum absolute atomic E-state index is 2.43. The molecule has 0 saturated heterocycles. The van der Waals surface area contributed by atoms with Gasteiger partial charge in [-0.2, -0.15) is 0 Å². The van der Waals surface area contributed by atoms with Crippen LogP contribution in [0.5, 0.6) is 0 Å². The van der Waals surface area contributed by atoms with E-state index >= 15 is 0 Å². The average molecular weight is 462 g/mol. The maximum Gasteiger partial charge on any atom is 4.00 e. The summed E-state index contributed by atoms with van der Waals surface area (Å²) in [5, 5.41) is 0. The number of allylic oxidation sites excluding steroid dienone is 1. The van der Waals surface area contributed by atoms with Gasteiger partial charge in [0.1, 0.15) is 0 Å². The quantitative estimate of drug-likeness (QED) is 0.394. The van der Waals surface area contributed by atoms with E-state index in [1.165, 1.54) is 63.4 Å². The molecule has 1 heteroatoms. The van der Waals surface area contributed by atoms with E-state index in [-0.39, 0.29) is 55.9 Å². The van der Waals surface area contributed by atoms with E-state index in [0.717, 1.165) is 23.7 Å². The summed E-state index contributed by atoms with van der Waals surface area (Å²) >= 11 is 0. The number of hydrogen-bond donors (Lipinski definition) is 0. The van der Waals surface area contributed by atoms with Gasteiger partial charge in [-0.05, 0) is 47.6 Å².